The highest BCUT2D eigenvalue weighted by molar-refractivity contribution is 6.37. The van der Waals surface area contributed by atoms with E-state index in [0.717, 1.165) is 16.7 Å². The number of carbonyl (C=O) groups is 2. The Hall–Kier alpha value is -3.41. The number of amides is 1. The van der Waals surface area contributed by atoms with Gasteiger partial charge in [-0.25, -0.2) is 0 Å². The summed E-state index contributed by atoms with van der Waals surface area (Å²) in [4.78, 5) is 28.7. The fourth-order valence-corrected chi connectivity index (χ4v) is 4.15. The van der Waals surface area contributed by atoms with Crippen molar-refractivity contribution < 1.29 is 14.0 Å². The van der Waals surface area contributed by atoms with Gasteiger partial charge in [-0.05, 0) is 60.2 Å². The number of carbonyl (C=O) groups excluding carboxylic acids is 2. The number of benzene rings is 3. The van der Waals surface area contributed by atoms with Gasteiger partial charge in [0.1, 0.15) is 11.3 Å². The molecule has 0 spiro atoms. The second-order valence-corrected chi connectivity index (χ2v) is 8.32. The number of ketones is 1. The monoisotopic (exact) mass is 478 g/mol. The molecule has 4 rings (SSSR count). The summed E-state index contributed by atoms with van der Waals surface area (Å²) in [6, 6.07) is 18.3. The topological polar surface area (TPSA) is 71.7 Å². The van der Waals surface area contributed by atoms with Crippen LogP contribution >= 0.6 is 23.2 Å². The Labute approximate surface area is 201 Å². The van der Waals surface area contributed by atoms with Crippen LogP contribution in [0.3, 0.4) is 0 Å². The van der Waals surface area contributed by atoms with Crippen molar-refractivity contribution in [3.8, 4) is 11.1 Å². The van der Waals surface area contributed by atoms with Crippen molar-refractivity contribution in [3.63, 3.8) is 0 Å². The van der Waals surface area contributed by atoms with E-state index in [4.69, 9.17) is 27.6 Å². The fraction of sp³-hybridized carbons (Fsp3) is 0.115. The maximum Gasteiger partial charge on any atom is 0.231 e. The molecule has 0 saturated carbocycles. The maximum absolute atomic E-state index is 13.1. The number of aryl methyl sites for hydroxylation is 1. The number of halogens is 2. The van der Waals surface area contributed by atoms with Crippen molar-refractivity contribution in [1.29, 1.82) is 0 Å². The molecule has 1 aromatic heterocycles. The van der Waals surface area contributed by atoms with E-state index in [-0.39, 0.29) is 22.3 Å². The molecule has 0 aliphatic heterocycles. The predicted molar refractivity (Wildman–Crippen MR) is 133 cm³/mol. The molecule has 7 heteroatoms. The number of nitrogens with zero attached hydrogens (tertiary/aromatic N) is 1. The molecule has 0 atom stereocenters. The number of hydrogen-bond donors (Lipinski definition) is 1. The Morgan fingerprint density at radius 1 is 1.03 bits per heavy atom. The van der Waals surface area contributed by atoms with Crippen molar-refractivity contribution in [2.45, 2.75) is 12.8 Å². The van der Waals surface area contributed by atoms with Crippen LogP contribution in [-0.2, 0) is 11.2 Å². The zero-order chi connectivity index (χ0) is 23.5. The molecule has 1 N–H and O–H groups in total. The summed E-state index contributed by atoms with van der Waals surface area (Å²) < 4.78 is 5.95. The molecule has 166 valence electrons. The van der Waals surface area contributed by atoms with E-state index in [1.165, 1.54) is 6.07 Å². The van der Waals surface area contributed by atoms with Crippen molar-refractivity contribution in [2.24, 2.45) is 4.99 Å². The number of nitrogens with one attached hydrogen (secondary N) is 1. The summed E-state index contributed by atoms with van der Waals surface area (Å²) in [6.45, 7) is 3.61. The molecule has 33 heavy (non-hydrogen) atoms. The van der Waals surface area contributed by atoms with Crippen molar-refractivity contribution >= 4 is 58.3 Å². The van der Waals surface area contributed by atoms with Gasteiger partial charge in [0.15, 0.2) is 0 Å². The van der Waals surface area contributed by atoms with Gasteiger partial charge in [-0.15, -0.1) is 0 Å². The van der Waals surface area contributed by atoms with Gasteiger partial charge in [0, 0.05) is 29.4 Å². The molecule has 0 radical (unpaired) electrons. The van der Waals surface area contributed by atoms with Crippen LogP contribution in [-0.4, -0.2) is 25.5 Å². The van der Waals surface area contributed by atoms with Crippen LogP contribution in [0, 0.1) is 0 Å². The van der Waals surface area contributed by atoms with Gasteiger partial charge < -0.3 is 9.73 Å². The lowest BCUT2D eigenvalue weighted by Crippen LogP contribution is -2.17. The zero-order valence-electron chi connectivity index (χ0n) is 17.8. The second kappa shape index (κ2) is 9.61. The van der Waals surface area contributed by atoms with Crippen molar-refractivity contribution in [1.82, 2.24) is 5.32 Å². The lowest BCUT2D eigenvalue weighted by atomic mass is 10.00. The number of rotatable bonds is 7. The molecule has 1 amide bonds. The normalized spacial score (nSPS) is 10.9. The van der Waals surface area contributed by atoms with Crippen LogP contribution in [0.25, 0.3) is 22.1 Å². The third-order valence-corrected chi connectivity index (χ3v) is 5.93. The van der Waals surface area contributed by atoms with Gasteiger partial charge in [0.05, 0.1) is 5.02 Å². The lowest BCUT2D eigenvalue weighted by molar-refractivity contribution is -0.120. The SMILES string of the molecule is C=Nc1c(C(=O)c2ccc(Cl)cc2Cl)oc2cc(-c3cccc(CCC(=O)NC)c3)ccc12. The van der Waals surface area contributed by atoms with Crippen LogP contribution in [0.2, 0.25) is 10.0 Å². The van der Waals surface area contributed by atoms with Gasteiger partial charge in [-0.1, -0.05) is 53.5 Å². The van der Waals surface area contributed by atoms with Gasteiger partial charge >= 0.3 is 0 Å². The first-order chi connectivity index (χ1) is 15.9. The summed E-state index contributed by atoms with van der Waals surface area (Å²) in [5.41, 5.74) is 4.10. The van der Waals surface area contributed by atoms with Crippen LogP contribution < -0.4 is 5.32 Å². The lowest BCUT2D eigenvalue weighted by Gasteiger charge is -2.06. The van der Waals surface area contributed by atoms with E-state index in [0.29, 0.717) is 34.5 Å². The van der Waals surface area contributed by atoms with Gasteiger partial charge in [-0.3, -0.25) is 14.6 Å². The third-order valence-electron chi connectivity index (χ3n) is 5.38. The summed E-state index contributed by atoms with van der Waals surface area (Å²) in [5, 5.41) is 3.98. The van der Waals surface area contributed by atoms with Crippen LogP contribution in [0.4, 0.5) is 5.69 Å². The van der Waals surface area contributed by atoms with Gasteiger partial charge in [0.25, 0.3) is 0 Å². The quantitative estimate of drug-likeness (QED) is 0.238. The second-order valence-electron chi connectivity index (χ2n) is 7.48. The Bertz CT molecular complexity index is 1390. The van der Waals surface area contributed by atoms with E-state index in [1.54, 1.807) is 19.2 Å². The number of fused-ring (bicyclic) bond motifs is 1. The average Bonchev–Trinajstić information content (AvgIpc) is 3.20. The van der Waals surface area contributed by atoms with Crippen molar-refractivity contribution in [3.05, 3.63) is 87.6 Å². The number of aliphatic imine (C=N–C) groups is 1. The summed E-state index contributed by atoms with van der Waals surface area (Å²) in [5.74, 6) is -0.325. The molecule has 1 heterocycles. The zero-order valence-corrected chi connectivity index (χ0v) is 19.3. The first-order valence-corrected chi connectivity index (χ1v) is 11.0. The highest BCUT2D eigenvalue weighted by Gasteiger charge is 2.23. The molecule has 0 bridgehead atoms. The highest BCUT2D eigenvalue weighted by atomic mass is 35.5. The minimum atomic E-state index is -0.395. The third kappa shape index (κ3) is 4.70. The average molecular weight is 479 g/mol. The molecule has 0 fully saturated rings. The summed E-state index contributed by atoms with van der Waals surface area (Å²) >= 11 is 12.2. The first kappa shape index (κ1) is 22.8. The predicted octanol–water partition coefficient (Wildman–Crippen LogP) is 6.65. The molecule has 0 saturated heterocycles. The largest absolute Gasteiger partial charge is 0.450 e. The Morgan fingerprint density at radius 2 is 1.82 bits per heavy atom. The smallest absolute Gasteiger partial charge is 0.231 e. The van der Waals surface area contributed by atoms with E-state index < -0.39 is 5.78 Å². The minimum Gasteiger partial charge on any atom is -0.450 e. The fourth-order valence-electron chi connectivity index (χ4n) is 3.66. The molecular formula is C26H20Cl2N2O3. The highest BCUT2D eigenvalue weighted by Crippen LogP contribution is 2.38. The Morgan fingerprint density at radius 3 is 2.55 bits per heavy atom. The van der Waals surface area contributed by atoms with Crippen LogP contribution in [0.1, 0.15) is 28.1 Å². The van der Waals surface area contributed by atoms with E-state index in [1.807, 2.05) is 42.5 Å². The van der Waals surface area contributed by atoms with Crippen LogP contribution in [0.5, 0.6) is 0 Å². The number of hydrogen-bond acceptors (Lipinski definition) is 4. The van der Waals surface area contributed by atoms with E-state index in [2.05, 4.69) is 17.0 Å². The molecule has 3 aromatic carbocycles. The van der Waals surface area contributed by atoms with Crippen LogP contribution in [0.15, 0.2) is 70.1 Å². The first-order valence-electron chi connectivity index (χ1n) is 10.2. The van der Waals surface area contributed by atoms with E-state index in [9.17, 15) is 9.59 Å². The molecular weight excluding hydrogens is 459 g/mol. The molecule has 5 nitrogen and oxygen atoms in total. The van der Waals surface area contributed by atoms with E-state index >= 15 is 0 Å². The minimum absolute atomic E-state index is 0.000139. The molecule has 0 unspecified atom stereocenters. The summed E-state index contributed by atoms with van der Waals surface area (Å²) in [6.07, 6.45) is 1.06. The molecule has 4 aromatic rings. The van der Waals surface area contributed by atoms with Gasteiger partial charge in [-0.2, -0.15) is 0 Å². The molecule has 0 aliphatic rings. The molecule has 0 aliphatic carbocycles. The standard InChI is InChI=1S/C26H20Cl2N2O3/c1-29-23(31)11-6-15-4-3-5-16(12-15)17-7-9-20-22(13-17)33-26(24(20)30-2)25(32)19-10-8-18(27)14-21(19)28/h3-5,7-10,12-14H,2,6,11H2,1H3,(H,29,31). The van der Waals surface area contributed by atoms with Crippen molar-refractivity contribution in [2.75, 3.05) is 7.05 Å². The van der Waals surface area contributed by atoms with Gasteiger partial charge in [0.2, 0.25) is 17.5 Å². The number of furan rings is 1. The Balaban J connectivity index is 1.71. The maximum atomic E-state index is 13.1. The summed E-state index contributed by atoms with van der Waals surface area (Å²) in [7, 11) is 1.63. The Kier molecular flexibility index (Phi) is 6.63.